The summed E-state index contributed by atoms with van der Waals surface area (Å²) in [6.07, 6.45) is 5.59. The lowest BCUT2D eigenvalue weighted by Crippen LogP contribution is -2.49. The third-order valence-corrected chi connectivity index (χ3v) is 7.32. The van der Waals surface area contributed by atoms with Gasteiger partial charge in [0.15, 0.2) is 0 Å². The summed E-state index contributed by atoms with van der Waals surface area (Å²) in [5.74, 6) is 1.15. The highest BCUT2D eigenvalue weighted by Crippen LogP contribution is 2.49. The zero-order valence-corrected chi connectivity index (χ0v) is 17.7. The fourth-order valence-corrected chi connectivity index (χ4v) is 5.80. The predicted molar refractivity (Wildman–Crippen MR) is 122 cm³/mol. The van der Waals surface area contributed by atoms with Gasteiger partial charge in [0.25, 0.3) is 5.56 Å². The lowest BCUT2D eigenvalue weighted by molar-refractivity contribution is 0.305. The van der Waals surface area contributed by atoms with Gasteiger partial charge in [0.2, 0.25) is 0 Å². The minimum Gasteiger partial charge on any atom is -0.489 e. The number of likely N-dealkylation sites (N-methyl/N-ethyl adjacent to an activating group) is 1. The van der Waals surface area contributed by atoms with Crippen LogP contribution in [-0.4, -0.2) is 29.7 Å². The number of pyridine rings is 1. The molecule has 5 heteroatoms. The highest BCUT2D eigenvalue weighted by molar-refractivity contribution is 5.66. The van der Waals surface area contributed by atoms with Gasteiger partial charge in [-0.1, -0.05) is 36.4 Å². The van der Waals surface area contributed by atoms with Crippen LogP contribution in [-0.2, 0) is 6.61 Å². The van der Waals surface area contributed by atoms with Crippen LogP contribution in [0.1, 0.15) is 36.3 Å². The van der Waals surface area contributed by atoms with E-state index < -0.39 is 0 Å². The fraction of sp³-hybridized carbons (Fsp3) is 0.346. The highest BCUT2D eigenvalue weighted by atomic mass is 16.5. The third-order valence-electron chi connectivity index (χ3n) is 7.32. The average Bonchev–Trinajstić information content (AvgIpc) is 3.31. The first-order valence-corrected chi connectivity index (χ1v) is 11.2. The Morgan fingerprint density at radius 1 is 1.06 bits per heavy atom. The van der Waals surface area contributed by atoms with Gasteiger partial charge in [-0.3, -0.25) is 9.36 Å². The molecule has 2 fully saturated rings. The summed E-state index contributed by atoms with van der Waals surface area (Å²) in [7, 11) is 2.21. The summed E-state index contributed by atoms with van der Waals surface area (Å²) in [6.45, 7) is 0.451. The number of nitrogens with one attached hydrogen (secondary N) is 1. The Kier molecular flexibility index (Phi) is 4.39. The molecule has 0 saturated carbocycles. The maximum Gasteiger partial charge on any atom is 0.258 e. The molecule has 2 aromatic carbocycles. The SMILES string of the molecule is CN1c2cc(-n3ccc(OCc4ccccc4)cc3=O)ccc2C2C1C[C@H]1CC[C@@H]2N1. The molecule has 1 aromatic heterocycles. The first-order valence-electron chi connectivity index (χ1n) is 11.2. The van der Waals surface area contributed by atoms with E-state index in [0.717, 1.165) is 11.3 Å². The molecule has 4 heterocycles. The third kappa shape index (κ3) is 3.15. The highest BCUT2D eigenvalue weighted by Gasteiger charge is 2.48. The molecule has 2 bridgehead atoms. The van der Waals surface area contributed by atoms with E-state index in [9.17, 15) is 4.79 Å². The van der Waals surface area contributed by atoms with Crippen molar-refractivity contribution in [2.24, 2.45) is 0 Å². The van der Waals surface area contributed by atoms with E-state index in [1.807, 2.05) is 42.6 Å². The minimum atomic E-state index is -0.0794. The Morgan fingerprint density at radius 2 is 1.94 bits per heavy atom. The molecule has 3 aliphatic heterocycles. The molecule has 0 radical (unpaired) electrons. The first kappa shape index (κ1) is 18.7. The second-order valence-electron chi connectivity index (χ2n) is 9.08. The van der Waals surface area contributed by atoms with Crippen LogP contribution in [0.2, 0.25) is 0 Å². The van der Waals surface area contributed by atoms with E-state index in [1.165, 1.54) is 30.5 Å². The zero-order valence-electron chi connectivity index (χ0n) is 17.7. The molecule has 0 amide bonds. The van der Waals surface area contributed by atoms with Crippen molar-refractivity contribution >= 4 is 5.69 Å². The van der Waals surface area contributed by atoms with Gasteiger partial charge in [-0.15, -0.1) is 0 Å². The molecular formula is C26H27N3O2. The van der Waals surface area contributed by atoms with Crippen LogP contribution in [0.3, 0.4) is 0 Å². The Labute approximate surface area is 182 Å². The van der Waals surface area contributed by atoms with Gasteiger partial charge in [0, 0.05) is 49.0 Å². The van der Waals surface area contributed by atoms with Gasteiger partial charge in [-0.25, -0.2) is 0 Å². The van der Waals surface area contributed by atoms with Crippen LogP contribution in [0, 0.1) is 0 Å². The van der Waals surface area contributed by atoms with Crippen molar-refractivity contribution in [1.82, 2.24) is 9.88 Å². The van der Waals surface area contributed by atoms with Gasteiger partial charge in [0.1, 0.15) is 12.4 Å². The summed E-state index contributed by atoms with van der Waals surface area (Å²) in [4.78, 5) is 15.3. The number of rotatable bonds is 4. The summed E-state index contributed by atoms with van der Waals surface area (Å²) >= 11 is 0. The van der Waals surface area contributed by atoms with Gasteiger partial charge in [-0.2, -0.15) is 0 Å². The quantitative estimate of drug-likeness (QED) is 0.706. The van der Waals surface area contributed by atoms with E-state index in [4.69, 9.17) is 4.74 Å². The molecule has 2 saturated heterocycles. The summed E-state index contributed by atoms with van der Waals surface area (Å²) in [6, 6.07) is 21.7. The topological polar surface area (TPSA) is 46.5 Å². The Bertz CT molecular complexity index is 1170. The summed E-state index contributed by atoms with van der Waals surface area (Å²) < 4.78 is 7.52. The Hall–Kier alpha value is -3.05. The second-order valence-corrected chi connectivity index (χ2v) is 9.08. The number of anilines is 1. The van der Waals surface area contributed by atoms with Crippen LogP contribution >= 0.6 is 0 Å². The van der Waals surface area contributed by atoms with Crippen LogP contribution in [0.25, 0.3) is 5.69 Å². The standard InChI is InChI=1S/C26H27N3O2/c1-28-23-14-19(8-9-21(23)26-22-10-7-18(27-22)13-24(26)28)29-12-11-20(15-25(29)30)31-16-17-5-3-2-4-6-17/h2-6,8-9,11-12,14-15,18,22,24,26-27H,7,10,13,16H2,1H3/t18-,22+,24?,26?/m1/s1. The molecule has 5 nitrogen and oxygen atoms in total. The van der Waals surface area contributed by atoms with Crippen LogP contribution in [0.15, 0.2) is 71.7 Å². The van der Waals surface area contributed by atoms with E-state index in [2.05, 4.69) is 35.5 Å². The smallest absolute Gasteiger partial charge is 0.258 e. The van der Waals surface area contributed by atoms with E-state index >= 15 is 0 Å². The molecule has 31 heavy (non-hydrogen) atoms. The molecule has 1 N–H and O–H groups in total. The van der Waals surface area contributed by atoms with Crippen molar-refractivity contribution in [2.45, 2.75) is 49.9 Å². The number of piperidine rings is 1. The second kappa shape index (κ2) is 7.27. The molecule has 0 spiro atoms. The predicted octanol–water partition coefficient (Wildman–Crippen LogP) is 3.84. The monoisotopic (exact) mass is 413 g/mol. The van der Waals surface area contributed by atoms with Crippen molar-refractivity contribution in [3.63, 3.8) is 0 Å². The molecule has 2 unspecified atom stereocenters. The van der Waals surface area contributed by atoms with Gasteiger partial charge in [-0.05, 0) is 48.6 Å². The van der Waals surface area contributed by atoms with Crippen LogP contribution < -0.4 is 20.5 Å². The van der Waals surface area contributed by atoms with Crippen molar-refractivity contribution < 1.29 is 4.74 Å². The van der Waals surface area contributed by atoms with Crippen molar-refractivity contribution in [1.29, 1.82) is 0 Å². The maximum atomic E-state index is 12.8. The summed E-state index contributed by atoms with van der Waals surface area (Å²) in [5.41, 5.74) is 4.59. The lowest BCUT2D eigenvalue weighted by Gasteiger charge is -2.36. The number of nitrogens with zero attached hydrogens (tertiary/aromatic N) is 2. The lowest BCUT2D eigenvalue weighted by atomic mass is 9.84. The van der Waals surface area contributed by atoms with Gasteiger partial charge < -0.3 is 15.0 Å². The molecule has 4 atom stereocenters. The maximum absolute atomic E-state index is 12.8. The number of hydrogen-bond donors (Lipinski definition) is 1. The number of benzene rings is 2. The number of aromatic nitrogens is 1. The zero-order chi connectivity index (χ0) is 20.9. The Balaban J connectivity index is 1.26. The fourth-order valence-electron chi connectivity index (χ4n) is 5.80. The Morgan fingerprint density at radius 3 is 2.77 bits per heavy atom. The summed E-state index contributed by atoms with van der Waals surface area (Å²) in [5, 5.41) is 3.81. The van der Waals surface area contributed by atoms with E-state index in [-0.39, 0.29) is 5.56 Å². The van der Waals surface area contributed by atoms with Crippen molar-refractivity contribution in [2.75, 3.05) is 11.9 Å². The van der Waals surface area contributed by atoms with Crippen molar-refractivity contribution in [3.05, 3.63) is 88.3 Å². The molecule has 158 valence electrons. The number of ether oxygens (including phenoxy) is 1. The van der Waals surface area contributed by atoms with Crippen LogP contribution in [0.5, 0.6) is 5.75 Å². The largest absolute Gasteiger partial charge is 0.489 e. The minimum absolute atomic E-state index is 0.0794. The van der Waals surface area contributed by atoms with E-state index in [0.29, 0.717) is 36.4 Å². The number of fused-ring (bicyclic) bond motifs is 6. The first-order chi connectivity index (χ1) is 15.2. The molecular weight excluding hydrogens is 386 g/mol. The van der Waals surface area contributed by atoms with Crippen LogP contribution in [0.4, 0.5) is 5.69 Å². The van der Waals surface area contributed by atoms with E-state index in [1.54, 1.807) is 10.6 Å². The molecule has 3 aromatic rings. The number of hydrogen-bond acceptors (Lipinski definition) is 4. The molecule has 3 aliphatic rings. The van der Waals surface area contributed by atoms with Gasteiger partial charge >= 0.3 is 0 Å². The van der Waals surface area contributed by atoms with Gasteiger partial charge in [0.05, 0.1) is 5.69 Å². The molecule has 6 rings (SSSR count). The van der Waals surface area contributed by atoms with Crippen molar-refractivity contribution in [3.8, 4) is 11.4 Å². The average molecular weight is 414 g/mol. The normalized spacial score (nSPS) is 25.9. The molecule has 0 aliphatic carbocycles.